The summed E-state index contributed by atoms with van der Waals surface area (Å²) < 4.78 is 0. The topological polar surface area (TPSA) is 34.1 Å². The van der Waals surface area contributed by atoms with Crippen molar-refractivity contribution in [3.63, 3.8) is 0 Å². The first-order valence-corrected chi connectivity index (χ1v) is 14.1. The highest BCUT2D eigenvalue weighted by Gasteiger charge is 2.61. The first kappa shape index (κ1) is 25.5. The molecule has 0 aromatic carbocycles. The Labute approximate surface area is 200 Å². The summed E-state index contributed by atoms with van der Waals surface area (Å²) in [6.07, 6.45) is 19.1. The van der Waals surface area contributed by atoms with Crippen molar-refractivity contribution in [3.05, 3.63) is 0 Å². The van der Waals surface area contributed by atoms with E-state index in [4.69, 9.17) is 23.2 Å². The lowest BCUT2D eigenvalue weighted by atomic mass is 9.59. The molecule has 3 rings (SSSR count). The van der Waals surface area contributed by atoms with Crippen LogP contribution in [0.15, 0.2) is 0 Å². The molecule has 3 fully saturated rings. The van der Waals surface area contributed by atoms with E-state index in [9.17, 15) is 9.59 Å². The quantitative estimate of drug-likeness (QED) is 0.211. The van der Waals surface area contributed by atoms with Crippen molar-refractivity contribution in [1.82, 2.24) is 0 Å². The molecule has 0 saturated heterocycles. The van der Waals surface area contributed by atoms with Crippen molar-refractivity contribution in [2.75, 3.05) is 0 Å². The first-order valence-electron chi connectivity index (χ1n) is 13.3. The lowest BCUT2D eigenvalue weighted by molar-refractivity contribution is -0.118. The molecule has 178 valence electrons. The van der Waals surface area contributed by atoms with Crippen LogP contribution in [-0.2, 0) is 9.59 Å². The number of unbranched alkanes of at least 4 members (excludes halogenated alkanes) is 6. The van der Waals surface area contributed by atoms with Crippen LogP contribution < -0.4 is 0 Å². The van der Waals surface area contributed by atoms with E-state index in [1.807, 2.05) is 0 Å². The van der Waals surface area contributed by atoms with Gasteiger partial charge in [0.1, 0.15) is 0 Å². The summed E-state index contributed by atoms with van der Waals surface area (Å²) in [6, 6.07) is 0. The Hall–Kier alpha value is -0.0800. The van der Waals surface area contributed by atoms with Crippen LogP contribution in [0.4, 0.5) is 0 Å². The van der Waals surface area contributed by atoms with Gasteiger partial charge in [-0.1, -0.05) is 65.2 Å². The minimum Gasteiger partial charge on any atom is -0.281 e. The molecule has 0 radical (unpaired) electrons. The fourth-order valence-corrected chi connectivity index (χ4v) is 8.45. The average molecular weight is 472 g/mol. The Morgan fingerprint density at radius 3 is 1.45 bits per heavy atom. The third-order valence-corrected chi connectivity index (χ3v) is 10.1. The highest BCUT2D eigenvalue weighted by molar-refractivity contribution is 6.64. The molecule has 3 aliphatic rings. The van der Waals surface area contributed by atoms with Crippen molar-refractivity contribution < 1.29 is 9.59 Å². The number of hydrogen-bond acceptors (Lipinski definition) is 2. The zero-order valence-corrected chi connectivity index (χ0v) is 21.4. The van der Waals surface area contributed by atoms with Gasteiger partial charge in [-0.05, 0) is 104 Å². The maximum absolute atomic E-state index is 12.2. The summed E-state index contributed by atoms with van der Waals surface area (Å²) in [5.41, 5.74) is 0.285. The summed E-state index contributed by atoms with van der Waals surface area (Å²) >= 11 is 12.1. The van der Waals surface area contributed by atoms with Crippen molar-refractivity contribution in [2.24, 2.45) is 40.9 Å². The Kier molecular flexibility index (Phi) is 9.78. The molecule has 3 saturated carbocycles. The molecule has 2 nitrogen and oxygen atoms in total. The van der Waals surface area contributed by atoms with Crippen molar-refractivity contribution in [1.29, 1.82) is 0 Å². The lowest BCUT2D eigenvalue weighted by Crippen LogP contribution is -2.39. The molecule has 0 amide bonds. The van der Waals surface area contributed by atoms with E-state index in [-0.39, 0.29) is 27.7 Å². The van der Waals surface area contributed by atoms with Crippen LogP contribution in [0.25, 0.3) is 0 Å². The van der Waals surface area contributed by atoms with Crippen LogP contribution in [0.3, 0.4) is 0 Å². The van der Waals surface area contributed by atoms with Crippen molar-refractivity contribution in [2.45, 2.75) is 117 Å². The molecule has 31 heavy (non-hydrogen) atoms. The van der Waals surface area contributed by atoms with Crippen LogP contribution in [0.5, 0.6) is 0 Å². The average Bonchev–Trinajstić information content (AvgIpc) is 3.03. The number of halogens is 2. The second kappa shape index (κ2) is 11.9. The maximum Gasteiger partial charge on any atom is 0.224 e. The fourth-order valence-electron chi connectivity index (χ4n) is 8.05. The van der Waals surface area contributed by atoms with Gasteiger partial charge in [-0.15, -0.1) is 0 Å². The van der Waals surface area contributed by atoms with E-state index in [1.54, 1.807) is 0 Å². The number of carbonyl (C=O) groups is 2. The third-order valence-electron chi connectivity index (χ3n) is 9.47. The van der Waals surface area contributed by atoms with Gasteiger partial charge in [0.25, 0.3) is 0 Å². The summed E-state index contributed by atoms with van der Waals surface area (Å²) in [5.74, 6) is 2.74. The molecule has 0 bridgehead atoms. The van der Waals surface area contributed by atoms with Crippen LogP contribution in [0.1, 0.15) is 117 Å². The summed E-state index contributed by atoms with van der Waals surface area (Å²) in [4.78, 5) is 24.3. The van der Waals surface area contributed by atoms with E-state index >= 15 is 0 Å². The number of fused-ring (bicyclic) bond motifs is 3. The van der Waals surface area contributed by atoms with Gasteiger partial charge >= 0.3 is 0 Å². The van der Waals surface area contributed by atoms with E-state index in [0.29, 0.717) is 11.8 Å². The molecule has 0 aromatic rings. The lowest BCUT2D eigenvalue weighted by Gasteiger charge is -2.46. The first-order chi connectivity index (χ1) is 14.9. The Bertz CT molecular complexity index is 552. The predicted molar refractivity (Wildman–Crippen MR) is 130 cm³/mol. The van der Waals surface area contributed by atoms with Crippen LogP contribution in [0, 0.1) is 40.9 Å². The molecule has 0 heterocycles. The zero-order valence-electron chi connectivity index (χ0n) is 19.9. The van der Waals surface area contributed by atoms with Crippen molar-refractivity contribution in [3.8, 4) is 0 Å². The predicted octanol–water partition coefficient (Wildman–Crippen LogP) is 8.52. The van der Waals surface area contributed by atoms with Crippen LogP contribution in [0.2, 0.25) is 0 Å². The maximum atomic E-state index is 12.2. The van der Waals surface area contributed by atoms with Gasteiger partial charge in [0.05, 0.1) is 0 Å². The molecular weight excluding hydrogens is 427 g/mol. The highest BCUT2D eigenvalue weighted by Crippen LogP contribution is 2.68. The van der Waals surface area contributed by atoms with Gasteiger partial charge in [0.2, 0.25) is 10.5 Å². The molecule has 3 aliphatic carbocycles. The smallest absolute Gasteiger partial charge is 0.224 e. The number of hydrogen-bond donors (Lipinski definition) is 0. The summed E-state index contributed by atoms with van der Waals surface area (Å²) in [5, 5.41) is -0.235. The van der Waals surface area contributed by atoms with E-state index in [0.717, 1.165) is 50.4 Å². The Balaban J connectivity index is 1.90. The third kappa shape index (κ3) is 5.71. The minimum atomic E-state index is -0.118. The van der Waals surface area contributed by atoms with Crippen LogP contribution >= 0.6 is 23.2 Å². The molecule has 0 aromatic heterocycles. The van der Waals surface area contributed by atoms with Gasteiger partial charge < -0.3 is 0 Å². The molecule has 0 spiro atoms. The number of rotatable bonds is 12. The second-order valence-corrected chi connectivity index (χ2v) is 11.8. The standard InChI is InChI=1S/C27H44Cl2O2/c1-3-5-7-9-15-27(16-10-8-6-4-2)23-17-19(25(28)30)11-13-21(23)22-14-12-20(26(29)31)18-24(22)27/h19-24H,3-18H2,1-2H3. The fraction of sp³-hybridized carbons (Fsp3) is 0.926. The van der Waals surface area contributed by atoms with Crippen molar-refractivity contribution >= 4 is 33.7 Å². The van der Waals surface area contributed by atoms with Crippen LogP contribution in [-0.4, -0.2) is 10.5 Å². The molecular formula is C27H44Cl2O2. The van der Waals surface area contributed by atoms with E-state index in [2.05, 4.69) is 13.8 Å². The number of carbonyl (C=O) groups excluding carboxylic acids is 2. The normalized spacial score (nSPS) is 34.2. The van der Waals surface area contributed by atoms with Gasteiger partial charge in [-0.2, -0.15) is 0 Å². The van der Waals surface area contributed by atoms with Gasteiger partial charge in [0.15, 0.2) is 0 Å². The zero-order chi connectivity index (χ0) is 22.4. The Morgan fingerprint density at radius 1 is 0.677 bits per heavy atom. The van der Waals surface area contributed by atoms with Gasteiger partial charge in [-0.25, -0.2) is 0 Å². The molecule has 0 aliphatic heterocycles. The van der Waals surface area contributed by atoms with Gasteiger partial charge in [0, 0.05) is 11.8 Å². The molecule has 6 atom stereocenters. The molecule has 0 N–H and O–H groups in total. The summed E-state index contributed by atoms with van der Waals surface area (Å²) in [6.45, 7) is 4.55. The Morgan fingerprint density at radius 2 is 1.10 bits per heavy atom. The molecule has 4 heteroatoms. The summed E-state index contributed by atoms with van der Waals surface area (Å²) in [7, 11) is 0. The molecule has 6 unspecified atom stereocenters. The van der Waals surface area contributed by atoms with E-state index in [1.165, 1.54) is 64.2 Å². The van der Waals surface area contributed by atoms with Gasteiger partial charge in [-0.3, -0.25) is 9.59 Å². The minimum absolute atomic E-state index is 0.0409. The van der Waals surface area contributed by atoms with E-state index < -0.39 is 0 Å². The SMILES string of the molecule is CCCCCCC1(CCCCCC)C2CC(C(=O)Cl)CCC2C2CCC(C(=O)Cl)CC21. The monoisotopic (exact) mass is 470 g/mol. The highest BCUT2D eigenvalue weighted by atomic mass is 35.5. The largest absolute Gasteiger partial charge is 0.281 e. The second-order valence-electron chi connectivity index (χ2n) is 11.0.